The Labute approximate surface area is 127 Å². The molecule has 0 unspecified atom stereocenters. The number of carboxylic acids is 1. The Morgan fingerprint density at radius 3 is 2.14 bits per heavy atom. The third-order valence-corrected chi connectivity index (χ3v) is 4.39. The van der Waals surface area contributed by atoms with Crippen molar-refractivity contribution in [2.75, 3.05) is 0 Å². The van der Waals surface area contributed by atoms with Crippen LogP contribution in [-0.4, -0.2) is 11.1 Å². The molecule has 0 bridgehead atoms. The number of rotatable bonds is 1. The highest BCUT2D eigenvalue weighted by atomic mass is 16.4. The van der Waals surface area contributed by atoms with Crippen LogP contribution in [0.25, 0.3) is 32.3 Å². The first-order chi connectivity index (χ1) is 10.7. The van der Waals surface area contributed by atoms with Gasteiger partial charge in [-0.3, -0.25) is 0 Å². The quantitative estimate of drug-likeness (QED) is 0.388. The first-order valence-electron chi connectivity index (χ1n) is 7.24. The molecule has 1 N–H and O–H groups in total. The molecule has 0 atom stereocenters. The van der Waals surface area contributed by atoms with E-state index in [4.69, 9.17) is 0 Å². The lowest BCUT2D eigenvalue weighted by Gasteiger charge is -2.14. The van der Waals surface area contributed by atoms with Gasteiger partial charge in [0.05, 0.1) is 5.56 Å². The van der Waals surface area contributed by atoms with E-state index in [0.29, 0.717) is 5.56 Å². The van der Waals surface area contributed by atoms with E-state index in [9.17, 15) is 9.90 Å². The topological polar surface area (TPSA) is 37.3 Å². The Balaban J connectivity index is 2.39. The molecule has 0 aliphatic rings. The van der Waals surface area contributed by atoms with E-state index in [-0.39, 0.29) is 0 Å². The van der Waals surface area contributed by atoms with E-state index in [2.05, 4.69) is 19.1 Å². The summed E-state index contributed by atoms with van der Waals surface area (Å²) in [5.41, 5.74) is 1.52. The molecular weight excluding hydrogens is 272 g/mol. The SMILES string of the molecule is Cc1c2ccccc2c(C(=O)O)c2ccc3ccccc3c12. The number of benzene rings is 4. The maximum atomic E-state index is 11.9. The lowest BCUT2D eigenvalue weighted by atomic mass is 9.89. The predicted molar refractivity (Wildman–Crippen MR) is 90.7 cm³/mol. The van der Waals surface area contributed by atoms with Crippen molar-refractivity contribution in [2.24, 2.45) is 0 Å². The summed E-state index contributed by atoms with van der Waals surface area (Å²) in [5, 5.41) is 15.6. The molecule has 4 aromatic carbocycles. The Hall–Kier alpha value is -2.87. The zero-order valence-electron chi connectivity index (χ0n) is 12.1. The van der Waals surface area contributed by atoms with Gasteiger partial charge in [0.1, 0.15) is 0 Å². The van der Waals surface area contributed by atoms with E-state index in [1.807, 2.05) is 48.5 Å². The predicted octanol–water partition coefficient (Wildman–Crippen LogP) is 5.15. The minimum absolute atomic E-state index is 0.391. The molecule has 0 aliphatic carbocycles. The number of fused-ring (bicyclic) bond motifs is 4. The maximum absolute atomic E-state index is 11.9. The monoisotopic (exact) mass is 286 g/mol. The molecule has 2 nitrogen and oxygen atoms in total. The Kier molecular flexibility index (Phi) is 2.67. The van der Waals surface area contributed by atoms with Crippen LogP contribution in [0.5, 0.6) is 0 Å². The zero-order valence-corrected chi connectivity index (χ0v) is 12.1. The fourth-order valence-electron chi connectivity index (χ4n) is 3.42. The molecule has 22 heavy (non-hydrogen) atoms. The van der Waals surface area contributed by atoms with Crippen LogP contribution >= 0.6 is 0 Å². The van der Waals surface area contributed by atoms with Crippen molar-refractivity contribution in [1.29, 1.82) is 0 Å². The molecule has 0 saturated carbocycles. The summed E-state index contributed by atoms with van der Waals surface area (Å²) in [7, 11) is 0. The highest BCUT2D eigenvalue weighted by Gasteiger charge is 2.17. The molecular formula is C20H14O2. The Morgan fingerprint density at radius 1 is 0.773 bits per heavy atom. The van der Waals surface area contributed by atoms with Gasteiger partial charge < -0.3 is 5.11 Å². The van der Waals surface area contributed by atoms with Gasteiger partial charge in [-0.25, -0.2) is 4.79 Å². The highest BCUT2D eigenvalue weighted by molar-refractivity contribution is 6.23. The molecule has 4 rings (SSSR count). The van der Waals surface area contributed by atoms with E-state index in [1.54, 1.807) is 0 Å². The van der Waals surface area contributed by atoms with Crippen LogP contribution in [0.1, 0.15) is 15.9 Å². The molecule has 0 heterocycles. The first-order valence-corrected chi connectivity index (χ1v) is 7.24. The van der Waals surface area contributed by atoms with Crippen molar-refractivity contribution in [3.8, 4) is 0 Å². The normalized spacial score (nSPS) is 11.3. The molecule has 2 heteroatoms. The summed E-state index contributed by atoms with van der Waals surface area (Å²) in [5.74, 6) is -0.878. The van der Waals surface area contributed by atoms with Gasteiger partial charge in [-0.2, -0.15) is 0 Å². The average molecular weight is 286 g/mol. The van der Waals surface area contributed by atoms with Crippen LogP contribution in [0.15, 0.2) is 60.7 Å². The van der Waals surface area contributed by atoms with E-state index < -0.39 is 5.97 Å². The van der Waals surface area contributed by atoms with Gasteiger partial charge in [0.15, 0.2) is 0 Å². The molecule has 106 valence electrons. The van der Waals surface area contributed by atoms with Gasteiger partial charge in [0.25, 0.3) is 0 Å². The Bertz CT molecular complexity index is 1060. The summed E-state index contributed by atoms with van der Waals surface area (Å²) in [4.78, 5) is 11.9. The van der Waals surface area contributed by atoms with Gasteiger partial charge in [-0.1, -0.05) is 60.7 Å². The fraction of sp³-hybridized carbons (Fsp3) is 0.0500. The number of hydrogen-bond acceptors (Lipinski definition) is 1. The third-order valence-electron chi connectivity index (χ3n) is 4.39. The first kappa shape index (κ1) is 12.8. The smallest absolute Gasteiger partial charge is 0.336 e. The van der Waals surface area contributed by atoms with Gasteiger partial charge in [-0.15, -0.1) is 0 Å². The summed E-state index contributed by atoms with van der Waals surface area (Å²) in [6.07, 6.45) is 0. The van der Waals surface area contributed by atoms with Crippen LogP contribution < -0.4 is 0 Å². The van der Waals surface area contributed by atoms with Gasteiger partial charge >= 0.3 is 5.97 Å². The second kappa shape index (κ2) is 4.57. The van der Waals surface area contributed by atoms with Gasteiger partial charge in [0, 0.05) is 0 Å². The van der Waals surface area contributed by atoms with Crippen molar-refractivity contribution in [2.45, 2.75) is 6.92 Å². The maximum Gasteiger partial charge on any atom is 0.336 e. The second-order valence-corrected chi connectivity index (χ2v) is 5.56. The van der Waals surface area contributed by atoms with E-state index in [0.717, 1.165) is 37.9 Å². The minimum Gasteiger partial charge on any atom is -0.478 e. The summed E-state index contributed by atoms with van der Waals surface area (Å²) in [6.45, 7) is 2.07. The van der Waals surface area contributed by atoms with Crippen molar-refractivity contribution in [1.82, 2.24) is 0 Å². The molecule has 0 spiro atoms. The molecule has 0 amide bonds. The molecule has 0 radical (unpaired) electrons. The lowest BCUT2D eigenvalue weighted by molar-refractivity contribution is 0.0701. The molecule has 0 aromatic heterocycles. The molecule has 4 aromatic rings. The molecule has 0 aliphatic heterocycles. The summed E-state index contributed by atoms with van der Waals surface area (Å²) in [6, 6.07) is 19.8. The largest absolute Gasteiger partial charge is 0.478 e. The summed E-state index contributed by atoms with van der Waals surface area (Å²) < 4.78 is 0. The fourth-order valence-corrected chi connectivity index (χ4v) is 3.42. The number of carboxylic acid groups (broad SMARTS) is 1. The van der Waals surface area contributed by atoms with E-state index in [1.165, 1.54) is 0 Å². The number of aromatic carboxylic acids is 1. The lowest BCUT2D eigenvalue weighted by Crippen LogP contribution is -2.01. The van der Waals surface area contributed by atoms with Gasteiger partial charge in [0.2, 0.25) is 0 Å². The highest BCUT2D eigenvalue weighted by Crippen LogP contribution is 2.36. The number of aryl methyl sites for hydroxylation is 1. The third kappa shape index (κ3) is 1.64. The second-order valence-electron chi connectivity index (χ2n) is 5.56. The minimum atomic E-state index is -0.878. The van der Waals surface area contributed by atoms with Crippen LogP contribution in [0.3, 0.4) is 0 Å². The van der Waals surface area contributed by atoms with Gasteiger partial charge in [-0.05, 0) is 44.8 Å². The van der Waals surface area contributed by atoms with Crippen molar-refractivity contribution >= 4 is 38.3 Å². The standard InChI is InChI=1S/C20H14O2/c1-12-14-7-4-5-9-16(14)19(20(21)22)17-11-10-13-6-2-3-8-15(13)18(12)17/h2-11H,1H3,(H,21,22). The van der Waals surface area contributed by atoms with E-state index >= 15 is 0 Å². The van der Waals surface area contributed by atoms with Crippen molar-refractivity contribution in [3.63, 3.8) is 0 Å². The molecule has 0 saturated heterocycles. The van der Waals surface area contributed by atoms with Crippen molar-refractivity contribution < 1.29 is 9.90 Å². The number of carbonyl (C=O) groups is 1. The summed E-state index contributed by atoms with van der Waals surface area (Å²) >= 11 is 0. The molecule has 0 fully saturated rings. The average Bonchev–Trinajstić information content (AvgIpc) is 2.54. The Morgan fingerprint density at radius 2 is 1.41 bits per heavy atom. The van der Waals surface area contributed by atoms with Crippen LogP contribution in [-0.2, 0) is 0 Å². The van der Waals surface area contributed by atoms with Crippen LogP contribution in [0.2, 0.25) is 0 Å². The number of hydrogen-bond donors (Lipinski definition) is 1. The van der Waals surface area contributed by atoms with Crippen LogP contribution in [0, 0.1) is 6.92 Å². The van der Waals surface area contributed by atoms with Crippen LogP contribution in [0.4, 0.5) is 0 Å². The van der Waals surface area contributed by atoms with Crippen molar-refractivity contribution in [3.05, 3.63) is 71.8 Å². The zero-order chi connectivity index (χ0) is 15.3.